The summed E-state index contributed by atoms with van der Waals surface area (Å²) in [5.74, 6) is 3.33. The van der Waals surface area contributed by atoms with E-state index in [0.29, 0.717) is 12.5 Å². The summed E-state index contributed by atoms with van der Waals surface area (Å²) in [5.41, 5.74) is -0.608. The summed E-state index contributed by atoms with van der Waals surface area (Å²) in [6.07, 6.45) is 1.98. The summed E-state index contributed by atoms with van der Waals surface area (Å²) < 4.78 is 5.43. The van der Waals surface area contributed by atoms with Crippen molar-refractivity contribution < 1.29 is 9.84 Å². The molecule has 6 heteroatoms. The Hall–Kier alpha value is -0.460. The van der Waals surface area contributed by atoms with E-state index in [1.807, 2.05) is 11.8 Å². The van der Waals surface area contributed by atoms with Crippen LogP contribution >= 0.6 is 11.8 Å². The third-order valence-corrected chi connectivity index (χ3v) is 5.09. The zero-order chi connectivity index (χ0) is 14.4. The SMILES string of the molecule is CCNC(=NCC1(O)CCSC1)N(C)CC1CCOC1. The van der Waals surface area contributed by atoms with Gasteiger partial charge < -0.3 is 20.1 Å². The second-order valence-electron chi connectivity index (χ2n) is 5.81. The fraction of sp³-hybridized carbons (Fsp3) is 0.929. The highest BCUT2D eigenvalue weighted by atomic mass is 32.2. The van der Waals surface area contributed by atoms with E-state index < -0.39 is 5.60 Å². The first kappa shape index (κ1) is 15.9. The lowest BCUT2D eigenvalue weighted by Gasteiger charge is -2.26. The van der Waals surface area contributed by atoms with Gasteiger partial charge in [0.2, 0.25) is 0 Å². The number of thioether (sulfide) groups is 1. The molecule has 2 aliphatic heterocycles. The van der Waals surface area contributed by atoms with Gasteiger partial charge in [-0.15, -0.1) is 0 Å². The average molecular weight is 301 g/mol. The number of ether oxygens (including phenoxy) is 1. The molecule has 2 rings (SSSR count). The zero-order valence-corrected chi connectivity index (χ0v) is 13.4. The number of rotatable bonds is 5. The maximum absolute atomic E-state index is 10.4. The molecule has 2 atom stereocenters. The smallest absolute Gasteiger partial charge is 0.193 e. The molecule has 2 N–H and O–H groups in total. The molecule has 0 spiro atoms. The van der Waals surface area contributed by atoms with Gasteiger partial charge in [0, 0.05) is 38.4 Å². The van der Waals surface area contributed by atoms with Gasteiger partial charge in [0.05, 0.1) is 18.8 Å². The molecule has 116 valence electrons. The fourth-order valence-corrected chi connectivity index (χ4v) is 3.90. The minimum atomic E-state index is -0.608. The van der Waals surface area contributed by atoms with Crippen LogP contribution in [0.4, 0.5) is 0 Å². The van der Waals surface area contributed by atoms with Crippen molar-refractivity contribution >= 4 is 17.7 Å². The number of hydrogen-bond acceptors (Lipinski definition) is 4. The van der Waals surface area contributed by atoms with Crippen molar-refractivity contribution in [3.05, 3.63) is 0 Å². The van der Waals surface area contributed by atoms with Gasteiger partial charge in [-0.05, 0) is 25.5 Å². The van der Waals surface area contributed by atoms with E-state index >= 15 is 0 Å². The predicted octanol–water partition coefficient (Wildman–Crippen LogP) is 0.788. The monoisotopic (exact) mass is 301 g/mol. The van der Waals surface area contributed by atoms with Gasteiger partial charge >= 0.3 is 0 Å². The number of nitrogens with zero attached hydrogens (tertiary/aromatic N) is 2. The van der Waals surface area contributed by atoms with E-state index in [0.717, 1.165) is 56.6 Å². The van der Waals surface area contributed by atoms with Crippen LogP contribution in [0, 0.1) is 5.92 Å². The van der Waals surface area contributed by atoms with E-state index in [4.69, 9.17) is 4.74 Å². The lowest BCUT2D eigenvalue weighted by molar-refractivity contribution is 0.0776. The van der Waals surface area contributed by atoms with Gasteiger partial charge in [-0.1, -0.05) is 0 Å². The molecule has 0 saturated carbocycles. The summed E-state index contributed by atoms with van der Waals surface area (Å²) >= 11 is 1.81. The number of hydrogen-bond donors (Lipinski definition) is 2. The van der Waals surface area contributed by atoms with Gasteiger partial charge in [-0.2, -0.15) is 11.8 Å². The van der Waals surface area contributed by atoms with Crippen LogP contribution in [0.2, 0.25) is 0 Å². The van der Waals surface area contributed by atoms with Crippen LogP contribution in [-0.4, -0.2) is 73.0 Å². The van der Waals surface area contributed by atoms with Crippen LogP contribution < -0.4 is 5.32 Å². The Kier molecular flexibility index (Phi) is 5.99. The Bertz CT molecular complexity index is 326. The van der Waals surface area contributed by atoms with Crippen LogP contribution in [0.3, 0.4) is 0 Å². The topological polar surface area (TPSA) is 57.1 Å². The molecule has 0 aliphatic carbocycles. The van der Waals surface area contributed by atoms with Gasteiger partial charge in [-0.25, -0.2) is 0 Å². The molecule has 20 heavy (non-hydrogen) atoms. The quantitative estimate of drug-likeness (QED) is 0.581. The molecular weight excluding hydrogens is 274 g/mol. The Morgan fingerprint density at radius 3 is 3.05 bits per heavy atom. The lowest BCUT2D eigenvalue weighted by Crippen LogP contribution is -2.43. The highest BCUT2D eigenvalue weighted by Gasteiger charge is 2.31. The number of aliphatic imine (C=N–C) groups is 1. The largest absolute Gasteiger partial charge is 0.387 e. The minimum absolute atomic E-state index is 0.494. The molecule has 2 unspecified atom stereocenters. The first-order valence-corrected chi connectivity index (χ1v) is 8.66. The van der Waals surface area contributed by atoms with E-state index in [2.05, 4.69) is 29.2 Å². The van der Waals surface area contributed by atoms with Gasteiger partial charge in [-0.3, -0.25) is 4.99 Å². The van der Waals surface area contributed by atoms with E-state index in [-0.39, 0.29) is 0 Å². The van der Waals surface area contributed by atoms with Crippen molar-refractivity contribution in [1.82, 2.24) is 10.2 Å². The molecule has 2 fully saturated rings. The van der Waals surface area contributed by atoms with Gasteiger partial charge in [0.15, 0.2) is 5.96 Å². The van der Waals surface area contributed by atoms with Crippen molar-refractivity contribution in [1.29, 1.82) is 0 Å². The third kappa shape index (κ3) is 4.53. The molecule has 0 aromatic heterocycles. The van der Waals surface area contributed by atoms with Crippen LogP contribution in [-0.2, 0) is 4.74 Å². The molecule has 2 heterocycles. The Morgan fingerprint density at radius 2 is 2.45 bits per heavy atom. The lowest BCUT2D eigenvalue weighted by atomic mass is 10.0. The molecular formula is C14H27N3O2S. The highest BCUT2D eigenvalue weighted by Crippen LogP contribution is 2.27. The van der Waals surface area contributed by atoms with Gasteiger partial charge in [0.1, 0.15) is 0 Å². The fourth-order valence-electron chi connectivity index (χ4n) is 2.61. The van der Waals surface area contributed by atoms with E-state index in [1.165, 1.54) is 0 Å². The Labute approximate surface area is 126 Å². The van der Waals surface area contributed by atoms with Crippen LogP contribution in [0.1, 0.15) is 19.8 Å². The van der Waals surface area contributed by atoms with Crippen LogP contribution in [0.15, 0.2) is 4.99 Å². The molecule has 5 nitrogen and oxygen atoms in total. The standard InChI is InChI=1S/C14H27N3O2S/c1-3-15-13(16-10-14(18)5-7-20-11-14)17(2)8-12-4-6-19-9-12/h12,18H,3-11H2,1-2H3,(H,15,16). The summed E-state index contributed by atoms with van der Waals surface area (Å²) in [6.45, 7) is 6.10. The van der Waals surface area contributed by atoms with Crippen molar-refractivity contribution in [3.8, 4) is 0 Å². The first-order chi connectivity index (χ1) is 9.63. The molecule has 2 aliphatic rings. The third-order valence-electron chi connectivity index (χ3n) is 3.86. The van der Waals surface area contributed by atoms with Crippen LogP contribution in [0.5, 0.6) is 0 Å². The van der Waals surface area contributed by atoms with E-state index in [9.17, 15) is 5.11 Å². The van der Waals surface area contributed by atoms with Gasteiger partial charge in [0.25, 0.3) is 0 Å². The predicted molar refractivity (Wildman–Crippen MR) is 84.4 cm³/mol. The molecule has 2 saturated heterocycles. The Balaban J connectivity index is 1.90. The molecule has 0 bridgehead atoms. The first-order valence-electron chi connectivity index (χ1n) is 7.50. The molecule has 0 radical (unpaired) electrons. The normalized spacial score (nSPS) is 30.8. The molecule has 0 amide bonds. The van der Waals surface area contributed by atoms with E-state index in [1.54, 1.807) is 0 Å². The molecule has 0 aromatic carbocycles. The van der Waals surface area contributed by atoms with Crippen molar-refractivity contribution in [2.24, 2.45) is 10.9 Å². The number of nitrogens with one attached hydrogen (secondary N) is 1. The van der Waals surface area contributed by atoms with Crippen molar-refractivity contribution in [2.45, 2.75) is 25.4 Å². The van der Waals surface area contributed by atoms with Crippen LogP contribution in [0.25, 0.3) is 0 Å². The maximum atomic E-state index is 10.4. The second kappa shape index (κ2) is 7.52. The summed E-state index contributed by atoms with van der Waals surface area (Å²) in [4.78, 5) is 6.80. The number of aliphatic hydroxyl groups is 1. The number of guanidine groups is 1. The maximum Gasteiger partial charge on any atom is 0.193 e. The average Bonchev–Trinajstić information content (AvgIpc) is 3.06. The van der Waals surface area contributed by atoms with Crippen molar-refractivity contribution in [2.75, 3.05) is 51.4 Å². The molecule has 0 aromatic rings. The highest BCUT2D eigenvalue weighted by molar-refractivity contribution is 7.99. The second-order valence-corrected chi connectivity index (χ2v) is 6.91. The summed E-state index contributed by atoms with van der Waals surface area (Å²) in [6, 6.07) is 0. The van der Waals surface area contributed by atoms with Crippen molar-refractivity contribution in [3.63, 3.8) is 0 Å². The Morgan fingerprint density at radius 1 is 1.60 bits per heavy atom. The summed E-state index contributed by atoms with van der Waals surface area (Å²) in [5, 5.41) is 13.7. The summed E-state index contributed by atoms with van der Waals surface area (Å²) in [7, 11) is 2.06. The zero-order valence-electron chi connectivity index (χ0n) is 12.6. The minimum Gasteiger partial charge on any atom is -0.387 e.